The van der Waals surface area contributed by atoms with Gasteiger partial charge < -0.3 is 16.0 Å². The number of hydrogen-bond donors (Lipinski definition) is 3. The summed E-state index contributed by atoms with van der Waals surface area (Å²) in [6.07, 6.45) is 5.60. The summed E-state index contributed by atoms with van der Waals surface area (Å²) < 4.78 is 0. The molecule has 8 heteroatoms. The highest BCUT2D eigenvalue weighted by molar-refractivity contribution is 6.39. The number of anilines is 2. The molecule has 0 atom stereocenters. The van der Waals surface area contributed by atoms with Gasteiger partial charge in [0.25, 0.3) is 0 Å². The van der Waals surface area contributed by atoms with Gasteiger partial charge in [0.05, 0.1) is 0 Å². The molecule has 1 aliphatic rings. The minimum atomic E-state index is -0.719. The Labute approximate surface area is 176 Å². The highest BCUT2D eigenvalue weighted by Gasteiger charge is 2.21. The summed E-state index contributed by atoms with van der Waals surface area (Å²) in [6.45, 7) is 4.68. The summed E-state index contributed by atoms with van der Waals surface area (Å²) in [5.41, 5.74) is 2.20. The zero-order valence-corrected chi connectivity index (χ0v) is 17.1. The molecular weight excluding hydrogens is 382 g/mol. The molecule has 30 heavy (non-hydrogen) atoms. The van der Waals surface area contributed by atoms with E-state index in [1.54, 1.807) is 30.5 Å². The van der Waals surface area contributed by atoms with E-state index < -0.39 is 11.8 Å². The second-order valence-corrected chi connectivity index (χ2v) is 7.51. The first-order valence-corrected chi connectivity index (χ1v) is 10.1. The lowest BCUT2D eigenvalue weighted by molar-refractivity contribution is -0.136. The van der Waals surface area contributed by atoms with E-state index in [1.807, 2.05) is 12.3 Å². The summed E-state index contributed by atoms with van der Waals surface area (Å²) in [4.78, 5) is 42.0. The van der Waals surface area contributed by atoms with Crippen molar-refractivity contribution >= 4 is 29.1 Å². The maximum atomic E-state index is 12.1. The lowest BCUT2D eigenvalue weighted by atomic mass is 9.96. The van der Waals surface area contributed by atoms with Crippen LogP contribution in [0, 0.1) is 5.92 Å². The van der Waals surface area contributed by atoms with Gasteiger partial charge in [-0.15, -0.1) is 0 Å². The molecule has 1 fully saturated rings. The van der Waals surface area contributed by atoms with Crippen LogP contribution in [0.15, 0.2) is 48.8 Å². The smallest absolute Gasteiger partial charge is 0.313 e. The number of rotatable bonds is 6. The molecule has 1 saturated heterocycles. The zero-order valence-electron chi connectivity index (χ0n) is 17.1. The fraction of sp³-hybridized carbons (Fsp3) is 0.364. The van der Waals surface area contributed by atoms with Gasteiger partial charge in [-0.2, -0.15) is 0 Å². The minimum absolute atomic E-state index is 0.206. The van der Waals surface area contributed by atoms with E-state index >= 15 is 0 Å². The Hall–Kier alpha value is -3.26. The molecule has 1 aromatic heterocycles. The van der Waals surface area contributed by atoms with Crippen molar-refractivity contribution in [2.24, 2.45) is 5.92 Å². The molecule has 2 heterocycles. The van der Waals surface area contributed by atoms with Crippen LogP contribution in [0.4, 0.5) is 11.4 Å². The van der Waals surface area contributed by atoms with Crippen LogP contribution >= 0.6 is 0 Å². The van der Waals surface area contributed by atoms with Gasteiger partial charge in [0.1, 0.15) is 0 Å². The van der Waals surface area contributed by atoms with Crippen LogP contribution in [0.1, 0.15) is 25.3 Å². The van der Waals surface area contributed by atoms with E-state index in [1.165, 1.54) is 12.5 Å². The number of carbonyl (C=O) groups excluding carboxylic acids is 3. The molecule has 1 aromatic carbocycles. The molecule has 0 radical (unpaired) electrons. The number of carbonyl (C=O) groups is 3. The van der Waals surface area contributed by atoms with Crippen molar-refractivity contribution in [2.75, 3.05) is 30.3 Å². The zero-order chi connectivity index (χ0) is 21.3. The predicted molar refractivity (Wildman–Crippen MR) is 115 cm³/mol. The van der Waals surface area contributed by atoms with Crippen molar-refractivity contribution < 1.29 is 14.4 Å². The van der Waals surface area contributed by atoms with Gasteiger partial charge in [0.2, 0.25) is 5.91 Å². The van der Waals surface area contributed by atoms with Gasteiger partial charge in [-0.1, -0.05) is 12.1 Å². The molecular formula is C22H27N5O3. The fourth-order valence-electron chi connectivity index (χ4n) is 3.48. The van der Waals surface area contributed by atoms with E-state index in [9.17, 15) is 14.4 Å². The van der Waals surface area contributed by atoms with E-state index in [0.717, 1.165) is 32.5 Å². The second-order valence-electron chi connectivity index (χ2n) is 7.51. The summed E-state index contributed by atoms with van der Waals surface area (Å²) in [5, 5.41) is 7.93. The van der Waals surface area contributed by atoms with E-state index in [-0.39, 0.29) is 5.91 Å². The van der Waals surface area contributed by atoms with Gasteiger partial charge >= 0.3 is 11.8 Å². The number of nitrogens with one attached hydrogen (secondary N) is 3. The number of hydrogen-bond acceptors (Lipinski definition) is 5. The molecule has 3 amide bonds. The summed E-state index contributed by atoms with van der Waals surface area (Å²) in [6, 6.07) is 10.7. The highest BCUT2D eigenvalue weighted by atomic mass is 16.2. The summed E-state index contributed by atoms with van der Waals surface area (Å²) in [7, 11) is 0. The standard InChI is InChI=1S/C22H27N5O3/c1-16(28)25-19-5-2-6-20(12-19)26-22(30)21(29)24-14-17-7-10-27(11-8-17)15-18-4-3-9-23-13-18/h2-6,9,12-13,17H,7-8,10-11,14-15H2,1H3,(H,24,29)(H,25,28)(H,26,30). The second kappa shape index (κ2) is 10.5. The minimum Gasteiger partial charge on any atom is -0.348 e. The maximum Gasteiger partial charge on any atom is 0.313 e. The molecule has 158 valence electrons. The van der Waals surface area contributed by atoms with Crippen molar-refractivity contribution in [2.45, 2.75) is 26.3 Å². The lowest BCUT2D eigenvalue weighted by Crippen LogP contribution is -2.41. The van der Waals surface area contributed by atoms with Gasteiger partial charge in [0.15, 0.2) is 0 Å². The van der Waals surface area contributed by atoms with E-state index in [2.05, 4.69) is 31.9 Å². The quantitative estimate of drug-likeness (QED) is 0.633. The molecule has 0 unspecified atom stereocenters. The summed E-state index contributed by atoms with van der Waals surface area (Å²) >= 11 is 0. The molecule has 0 bridgehead atoms. The SMILES string of the molecule is CC(=O)Nc1cccc(NC(=O)C(=O)NCC2CCN(Cc3cccnc3)CC2)c1. The van der Waals surface area contributed by atoms with E-state index in [4.69, 9.17) is 0 Å². The number of piperidine rings is 1. The van der Waals surface area contributed by atoms with Crippen LogP contribution in [0.25, 0.3) is 0 Å². The highest BCUT2D eigenvalue weighted by Crippen LogP contribution is 2.18. The summed E-state index contributed by atoms with van der Waals surface area (Å²) in [5.74, 6) is -1.22. The van der Waals surface area contributed by atoms with Gasteiger partial charge in [0, 0.05) is 43.8 Å². The molecule has 0 aliphatic carbocycles. The molecule has 3 rings (SSSR count). The van der Waals surface area contributed by atoms with Gasteiger partial charge in [-0.25, -0.2) is 0 Å². The first kappa shape index (κ1) is 21.4. The van der Waals surface area contributed by atoms with Crippen molar-refractivity contribution in [1.82, 2.24) is 15.2 Å². The Balaban J connectivity index is 1.39. The first-order valence-electron chi connectivity index (χ1n) is 10.1. The Kier molecular flexibility index (Phi) is 7.51. The predicted octanol–water partition coefficient (Wildman–Crippen LogP) is 2.01. The monoisotopic (exact) mass is 409 g/mol. The first-order chi connectivity index (χ1) is 14.5. The van der Waals surface area contributed by atoms with Crippen LogP contribution < -0.4 is 16.0 Å². The average molecular weight is 409 g/mol. The maximum absolute atomic E-state index is 12.1. The Morgan fingerprint density at radius 3 is 2.43 bits per heavy atom. The van der Waals surface area contributed by atoms with Crippen LogP contribution in [-0.4, -0.2) is 47.2 Å². The number of likely N-dealkylation sites (tertiary alicyclic amines) is 1. The third kappa shape index (κ3) is 6.66. The van der Waals surface area contributed by atoms with Crippen molar-refractivity contribution in [3.8, 4) is 0 Å². The van der Waals surface area contributed by atoms with Crippen molar-refractivity contribution in [3.63, 3.8) is 0 Å². The third-order valence-corrected chi connectivity index (χ3v) is 5.03. The van der Waals surface area contributed by atoms with Crippen molar-refractivity contribution in [1.29, 1.82) is 0 Å². The fourth-order valence-corrected chi connectivity index (χ4v) is 3.48. The van der Waals surface area contributed by atoms with Crippen LogP contribution in [-0.2, 0) is 20.9 Å². The third-order valence-electron chi connectivity index (χ3n) is 5.03. The molecule has 0 saturated carbocycles. The van der Waals surface area contributed by atoms with Crippen molar-refractivity contribution in [3.05, 3.63) is 54.4 Å². The number of amides is 3. The molecule has 8 nitrogen and oxygen atoms in total. The van der Waals surface area contributed by atoms with Crippen LogP contribution in [0.3, 0.4) is 0 Å². The van der Waals surface area contributed by atoms with Gasteiger partial charge in [-0.3, -0.25) is 24.3 Å². The van der Waals surface area contributed by atoms with E-state index in [0.29, 0.717) is 23.8 Å². The molecule has 2 aromatic rings. The average Bonchev–Trinajstić information content (AvgIpc) is 2.73. The normalized spacial score (nSPS) is 14.7. The number of pyridine rings is 1. The largest absolute Gasteiger partial charge is 0.348 e. The number of nitrogens with zero attached hydrogens (tertiary/aromatic N) is 2. The number of benzene rings is 1. The van der Waals surface area contributed by atoms with Crippen LogP contribution in [0.2, 0.25) is 0 Å². The Morgan fingerprint density at radius 1 is 1.03 bits per heavy atom. The topological polar surface area (TPSA) is 103 Å². The molecule has 0 spiro atoms. The van der Waals surface area contributed by atoms with Gasteiger partial charge in [-0.05, 0) is 61.7 Å². The Morgan fingerprint density at radius 2 is 1.77 bits per heavy atom. The number of aromatic nitrogens is 1. The lowest BCUT2D eigenvalue weighted by Gasteiger charge is -2.31. The Bertz CT molecular complexity index is 879. The molecule has 1 aliphatic heterocycles. The van der Waals surface area contributed by atoms with Crippen LogP contribution in [0.5, 0.6) is 0 Å². The molecule has 3 N–H and O–H groups in total.